The number of carbonyl (C=O) groups excluding carboxylic acids is 2. The van der Waals surface area contributed by atoms with Gasteiger partial charge in [-0.05, 0) is 54.7 Å². The van der Waals surface area contributed by atoms with E-state index in [2.05, 4.69) is 5.32 Å². The Morgan fingerprint density at radius 1 is 0.868 bits per heavy atom. The van der Waals surface area contributed by atoms with E-state index in [0.717, 1.165) is 22.3 Å². The van der Waals surface area contributed by atoms with Crippen molar-refractivity contribution in [2.24, 2.45) is 0 Å². The maximum absolute atomic E-state index is 13.7. The van der Waals surface area contributed by atoms with Crippen molar-refractivity contribution in [2.75, 3.05) is 24.2 Å². The van der Waals surface area contributed by atoms with E-state index in [9.17, 15) is 18.0 Å². The van der Waals surface area contributed by atoms with Crippen LogP contribution in [0.3, 0.4) is 0 Å². The first-order chi connectivity index (χ1) is 18.1. The molecule has 0 aromatic heterocycles. The first kappa shape index (κ1) is 28.9. The molecular weight excluding hydrogens is 498 g/mol. The summed E-state index contributed by atoms with van der Waals surface area (Å²) in [6.07, 6.45) is 1.97. The third-order valence-corrected chi connectivity index (χ3v) is 7.55. The van der Waals surface area contributed by atoms with Gasteiger partial charge in [0.15, 0.2) is 0 Å². The maximum Gasteiger partial charge on any atom is 0.242 e. The molecule has 202 valence electrons. The minimum absolute atomic E-state index is 0.103. The molecule has 7 nitrogen and oxygen atoms in total. The summed E-state index contributed by atoms with van der Waals surface area (Å²) in [4.78, 5) is 28.3. The number of nitrogens with zero attached hydrogens (tertiary/aromatic N) is 2. The number of hydrogen-bond donors (Lipinski definition) is 1. The number of nitrogens with one attached hydrogen (secondary N) is 1. The lowest BCUT2D eigenvalue weighted by molar-refractivity contribution is -0.141. The number of likely N-dealkylation sites (N-methyl/N-ethyl adjacent to an activating group) is 1. The lowest BCUT2D eigenvalue weighted by Gasteiger charge is -2.31. The summed E-state index contributed by atoms with van der Waals surface area (Å²) >= 11 is 0. The van der Waals surface area contributed by atoms with Crippen molar-refractivity contribution in [3.63, 3.8) is 0 Å². The van der Waals surface area contributed by atoms with E-state index in [1.165, 1.54) is 10.6 Å². The Labute approximate surface area is 226 Å². The molecule has 0 unspecified atom stereocenters. The van der Waals surface area contributed by atoms with Crippen molar-refractivity contribution in [3.8, 4) is 0 Å². The van der Waals surface area contributed by atoms with E-state index in [0.29, 0.717) is 18.5 Å². The van der Waals surface area contributed by atoms with Gasteiger partial charge in [0.2, 0.25) is 21.8 Å². The smallest absolute Gasteiger partial charge is 0.242 e. The summed E-state index contributed by atoms with van der Waals surface area (Å²) in [5, 5.41) is 2.71. The zero-order valence-electron chi connectivity index (χ0n) is 22.6. The van der Waals surface area contributed by atoms with Gasteiger partial charge in [-0.2, -0.15) is 0 Å². The van der Waals surface area contributed by atoms with Gasteiger partial charge < -0.3 is 10.2 Å². The molecule has 0 bridgehead atoms. The van der Waals surface area contributed by atoms with E-state index in [1.54, 1.807) is 11.9 Å². The predicted octanol–water partition coefficient (Wildman–Crippen LogP) is 4.24. The van der Waals surface area contributed by atoms with Crippen molar-refractivity contribution in [2.45, 2.75) is 45.7 Å². The van der Waals surface area contributed by atoms with Gasteiger partial charge in [-0.3, -0.25) is 13.9 Å². The van der Waals surface area contributed by atoms with Crippen LogP contribution < -0.4 is 9.62 Å². The van der Waals surface area contributed by atoms with Crippen LogP contribution in [0.2, 0.25) is 0 Å². The third-order valence-electron chi connectivity index (χ3n) is 6.36. The summed E-state index contributed by atoms with van der Waals surface area (Å²) in [7, 11) is -1.98. The molecule has 3 aromatic rings. The van der Waals surface area contributed by atoms with Crippen molar-refractivity contribution in [3.05, 3.63) is 101 Å². The second kappa shape index (κ2) is 13.2. The number of rotatable bonds is 12. The fourth-order valence-electron chi connectivity index (χ4n) is 4.60. The molecular formula is C30H37N3O4S. The number of sulfonamides is 1. The van der Waals surface area contributed by atoms with Gasteiger partial charge in [-0.1, -0.05) is 66.7 Å². The first-order valence-corrected chi connectivity index (χ1v) is 14.6. The van der Waals surface area contributed by atoms with Crippen molar-refractivity contribution in [1.82, 2.24) is 10.2 Å². The summed E-state index contributed by atoms with van der Waals surface area (Å²) in [6, 6.07) is 24.1. The maximum atomic E-state index is 13.7. The van der Waals surface area contributed by atoms with Crippen LogP contribution in [0.5, 0.6) is 0 Å². The van der Waals surface area contributed by atoms with Gasteiger partial charge in [-0.25, -0.2) is 8.42 Å². The highest BCUT2D eigenvalue weighted by atomic mass is 32.2. The largest absolute Gasteiger partial charge is 0.357 e. The highest BCUT2D eigenvalue weighted by molar-refractivity contribution is 7.92. The minimum Gasteiger partial charge on any atom is -0.357 e. The summed E-state index contributed by atoms with van der Waals surface area (Å²) in [5.41, 5.74) is 4.38. The number of anilines is 1. The molecule has 2 amide bonds. The number of aryl methyl sites for hydroxylation is 2. The molecule has 0 heterocycles. The molecule has 0 fully saturated rings. The van der Waals surface area contributed by atoms with Gasteiger partial charge in [-0.15, -0.1) is 0 Å². The van der Waals surface area contributed by atoms with Crippen LogP contribution in [0.25, 0.3) is 0 Å². The van der Waals surface area contributed by atoms with Gasteiger partial charge in [0.25, 0.3) is 0 Å². The first-order valence-electron chi connectivity index (χ1n) is 12.7. The quantitative estimate of drug-likeness (QED) is 0.376. The molecule has 0 radical (unpaired) electrons. The van der Waals surface area contributed by atoms with Gasteiger partial charge in [0, 0.05) is 33.0 Å². The van der Waals surface area contributed by atoms with Crippen molar-refractivity contribution >= 4 is 27.5 Å². The zero-order chi connectivity index (χ0) is 27.7. The van der Waals surface area contributed by atoms with Crippen LogP contribution in [0.15, 0.2) is 78.9 Å². The minimum atomic E-state index is -3.55. The molecule has 0 spiro atoms. The van der Waals surface area contributed by atoms with Crippen molar-refractivity contribution in [1.29, 1.82) is 0 Å². The van der Waals surface area contributed by atoms with Crippen LogP contribution in [-0.2, 0) is 32.6 Å². The Morgan fingerprint density at radius 3 is 1.95 bits per heavy atom. The van der Waals surface area contributed by atoms with E-state index in [-0.39, 0.29) is 31.3 Å². The number of carbonyl (C=O) groups is 2. The van der Waals surface area contributed by atoms with E-state index < -0.39 is 16.1 Å². The highest BCUT2D eigenvalue weighted by Crippen LogP contribution is 2.23. The van der Waals surface area contributed by atoms with E-state index in [4.69, 9.17) is 0 Å². The molecule has 3 aromatic carbocycles. The van der Waals surface area contributed by atoms with Gasteiger partial charge in [0.1, 0.15) is 6.04 Å². The number of hydrogen-bond acceptors (Lipinski definition) is 4. The molecule has 0 aliphatic carbocycles. The Balaban J connectivity index is 1.83. The lowest BCUT2D eigenvalue weighted by atomic mass is 10.0. The molecule has 3 rings (SSSR count). The van der Waals surface area contributed by atoms with Gasteiger partial charge >= 0.3 is 0 Å². The lowest BCUT2D eigenvalue weighted by Crippen LogP contribution is -2.49. The molecule has 0 aliphatic heterocycles. The molecule has 1 N–H and O–H groups in total. The summed E-state index contributed by atoms with van der Waals surface area (Å²) in [5.74, 6) is -0.446. The zero-order valence-corrected chi connectivity index (χ0v) is 23.4. The van der Waals surface area contributed by atoms with Crippen LogP contribution >= 0.6 is 0 Å². The predicted molar refractivity (Wildman–Crippen MR) is 152 cm³/mol. The van der Waals surface area contributed by atoms with Crippen molar-refractivity contribution < 1.29 is 18.0 Å². The fourth-order valence-corrected chi connectivity index (χ4v) is 5.55. The Morgan fingerprint density at radius 2 is 1.42 bits per heavy atom. The second-order valence-electron chi connectivity index (χ2n) is 9.61. The Bertz CT molecular complexity index is 1310. The summed E-state index contributed by atoms with van der Waals surface area (Å²) in [6.45, 7) is 4.29. The molecule has 0 saturated carbocycles. The SMILES string of the molecule is CNC(=O)[C@@H](Cc1ccccc1)N(Cc1ccccc1)C(=O)CCCN(c1cc(C)cc(C)c1)S(C)(=O)=O. The van der Waals surface area contributed by atoms with Gasteiger partial charge in [0.05, 0.1) is 11.9 Å². The summed E-state index contributed by atoms with van der Waals surface area (Å²) < 4.78 is 26.6. The molecule has 1 atom stereocenters. The monoisotopic (exact) mass is 535 g/mol. The topological polar surface area (TPSA) is 86.8 Å². The average molecular weight is 536 g/mol. The standard InChI is InChI=1S/C30H37N3O4S/c1-23-18-24(2)20-27(19-23)33(38(4,36)37)17-11-16-29(34)32(22-26-14-9-6-10-15-26)28(30(35)31-3)21-25-12-7-5-8-13-25/h5-10,12-15,18-20,28H,11,16-17,21-22H2,1-4H3,(H,31,35)/t28-/m1/s1. The molecule has 8 heteroatoms. The number of benzene rings is 3. The van der Waals surface area contributed by atoms with Crippen LogP contribution in [-0.4, -0.2) is 51.0 Å². The second-order valence-corrected chi connectivity index (χ2v) is 11.5. The van der Waals surface area contributed by atoms with E-state index >= 15 is 0 Å². The normalized spacial score (nSPS) is 12.0. The van der Waals surface area contributed by atoms with Crippen LogP contribution in [0.1, 0.15) is 35.1 Å². The molecule has 38 heavy (non-hydrogen) atoms. The van der Waals surface area contributed by atoms with Crippen LogP contribution in [0.4, 0.5) is 5.69 Å². The van der Waals surface area contributed by atoms with E-state index in [1.807, 2.05) is 92.7 Å². The average Bonchev–Trinajstić information content (AvgIpc) is 2.88. The Kier molecular flexibility index (Phi) is 10.1. The highest BCUT2D eigenvalue weighted by Gasteiger charge is 2.30. The molecule has 0 aliphatic rings. The Hall–Kier alpha value is -3.65. The molecule has 0 saturated heterocycles. The van der Waals surface area contributed by atoms with Crippen LogP contribution in [0, 0.1) is 13.8 Å². The fraction of sp³-hybridized carbons (Fsp3) is 0.333. The third kappa shape index (κ3) is 8.18. The number of amides is 2.